The van der Waals surface area contributed by atoms with Crippen molar-refractivity contribution in [2.45, 2.75) is 13.0 Å². The van der Waals surface area contributed by atoms with Crippen molar-refractivity contribution in [3.63, 3.8) is 0 Å². The van der Waals surface area contributed by atoms with Crippen LogP contribution in [0.15, 0.2) is 24.3 Å². The van der Waals surface area contributed by atoms with Gasteiger partial charge in [0.2, 0.25) is 11.8 Å². The third-order valence-electron chi connectivity index (χ3n) is 3.19. The van der Waals surface area contributed by atoms with E-state index in [1.54, 1.807) is 19.2 Å². The number of nitrogens with one attached hydrogen (secondary N) is 2. The van der Waals surface area contributed by atoms with Crippen LogP contribution < -0.4 is 15.4 Å². The summed E-state index contributed by atoms with van der Waals surface area (Å²) in [7, 11) is 1.60. The SMILES string of the molecule is COc1nc(Nc2ccc(F)cc2)nc2c1CCNC2. The number of anilines is 2. The number of benzene rings is 1. The molecule has 6 heteroatoms. The molecule has 2 N–H and O–H groups in total. The summed E-state index contributed by atoms with van der Waals surface area (Å²) < 4.78 is 18.2. The highest BCUT2D eigenvalue weighted by atomic mass is 19.1. The number of halogens is 1. The highest BCUT2D eigenvalue weighted by molar-refractivity contribution is 5.54. The molecule has 0 bridgehead atoms. The number of aromatic nitrogens is 2. The topological polar surface area (TPSA) is 59.1 Å². The zero-order valence-corrected chi connectivity index (χ0v) is 11.1. The maximum atomic E-state index is 12.9. The van der Waals surface area contributed by atoms with Crippen molar-refractivity contribution in [3.05, 3.63) is 41.3 Å². The van der Waals surface area contributed by atoms with Crippen LogP contribution >= 0.6 is 0 Å². The molecule has 0 saturated carbocycles. The highest BCUT2D eigenvalue weighted by Gasteiger charge is 2.18. The number of hydrogen-bond donors (Lipinski definition) is 2. The third-order valence-corrected chi connectivity index (χ3v) is 3.19. The van der Waals surface area contributed by atoms with E-state index in [-0.39, 0.29) is 5.82 Å². The molecular weight excluding hydrogens is 259 g/mol. The van der Waals surface area contributed by atoms with E-state index in [0.29, 0.717) is 18.4 Å². The Hall–Kier alpha value is -2.21. The van der Waals surface area contributed by atoms with Gasteiger partial charge in [0, 0.05) is 17.8 Å². The summed E-state index contributed by atoms with van der Waals surface area (Å²) in [5.41, 5.74) is 2.72. The van der Waals surface area contributed by atoms with Gasteiger partial charge in [0.1, 0.15) is 5.82 Å². The lowest BCUT2D eigenvalue weighted by Gasteiger charge is -2.19. The fourth-order valence-electron chi connectivity index (χ4n) is 2.21. The Morgan fingerprint density at radius 2 is 2.05 bits per heavy atom. The van der Waals surface area contributed by atoms with Gasteiger partial charge < -0.3 is 15.4 Å². The molecule has 2 heterocycles. The van der Waals surface area contributed by atoms with Crippen molar-refractivity contribution < 1.29 is 9.13 Å². The molecule has 0 spiro atoms. The van der Waals surface area contributed by atoms with Gasteiger partial charge in [-0.1, -0.05) is 0 Å². The molecule has 0 atom stereocenters. The van der Waals surface area contributed by atoms with Gasteiger partial charge in [0.15, 0.2) is 0 Å². The quantitative estimate of drug-likeness (QED) is 0.896. The summed E-state index contributed by atoms with van der Waals surface area (Å²) in [5, 5.41) is 6.33. The van der Waals surface area contributed by atoms with Crippen LogP contribution in [0.25, 0.3) is 0 Å². The Labute approximate surface area is 116 Å². The molecule has 1 aromatic carbocycles. The Bertz CT molecular complexity index is 598. The fourth-order valence-corrected chi connectivity index (χ4v) is 2.21. The fraction of sp³-hybridized carbons (Fsp3) is 0.286. The molecule has 5 nitrogen and oxygen atoms in total. The van der Waals surface area contributed by atoms with Crippen LogP contribution in [0.2, 0.25) is 0 Å². The smallest absolute Gasteiger partial charge is 0.230 e. The average Bonchev–Trinajstić information content (AvgIpc) is 2.49. The third kappa shape index (κ3) is 2.55. The van der Waals surface area contributed by atoms with Crippen LogP contribution in [0.3, 0.4) is 0 Å². The molecule has 1 aliphatic rings. The molecule has 2 aromatic rings. The second kappa shape index (κ2) is 5.42. The van der Waals surface area contributed by atoms with Gasteiger partial charge in [0.05, 0.1) is 12.8 Å². The van der Waals surface area contributed by atoms with Crippen molar-refractivity contribution in [1.29, 1.82) is 0 Å². The molecule has 20 heavy (non-hydrogen) atoms. The number of methoxy groups -OCH3 is 1. The molecular formula is C14H15FN4O. The van der Waals surface area contributed by atoms with E-state index in [1.165, 1.54) is 12.1 Å². The lowest BCUT2D eigenvalue weighted by molar-refractivity contribution is 0.387. The van der Waals surface area contributed by atoms with Crippen LogP contribution in [-0.4, -0.2) is 23.6 Å². The normalized spacial score (nSPS) is 13.7. The van der Waals surface area contributed by atoms with E-state index in [9.17, 15) is 4.39 Å². The van der Waals surface area contributed by atoms with E-state index in [1.807, 2.05) is 0 Å². The molecule has 0 radical (unpaired) electrons. The predicted molar refractivity (Wildman–Crippen MR) is 73.7 cm³/mol. The van der Waals surface area contributed by atoms with Gasteiger partial charge in [-0.3, -0.25) is 0 Å². The maximum absolute atomic E-state index is 12.9. The van der Waals surface area contributed by atoms with E-state index >= 15 is 0 Å². The van der Waals surface area contributed by atoms with Crippen molar-refractivity contribution in [1.82, 2.24) is 15.3 Å². The number of fused-ring (bicyclic) bond motifs is 1. The van der Waals surface area contributed by atoms with Gasteiger partial charge in [-0.2, -0.15) is 4.98 Å². The Kier molecular flexibility index (Phi) is 3.47. The Balaban J connectivity index is 1.91. The molecule has 3 rings (SSSR count). The minimum atomic E-state index is -0.274. The lowest BCUT2D eigenvalue weighted by atomic mass is 10.1. The minimum Gasteiger partial charge on any atom is -0.481 e. The van der Waals surface area contributed by atoms with E-state index < -0.39 is 0 Å². The summed E-state index contributed by atoms with van der Waals surface area (Å²) in [4.78, 5) is 8.84. The number of nitrogens with zero attached hydrogens (tertiary/aromatic N) is 2. The van der Waals surface area contributed by atoms with Crippen molar-refractivity contribution >= 4 is 11.6 Å². The minimum absolute atomic E-state index is 0.274. The largest absolute Gasteiger partial charge is 0.481 e. The molecule has 0 saturated heterocycles. The standard InChI is InChI=1S/C14H15FN4O/c1-20-13-11-6-7-16-8-12(11)18-14(19-13)17-10-4-2-9(15)3-5-10/h2-5,16H,6-8H2,1H3,(H,17,18,19). The second-order valence-corrected chi connectivity index (χ2v) is 4.54. The second-order valence-electron chi connectivity index (χ2n) is 4.54. The van der Waals surface area contributed by atoms with Gasteiger partial charge >= 0.3 is 0 Å². The van der Waals surface area contributed by atoms with E-state index in [4.69, 9.17) is 4.74 Å². The van der Waals surface area contributed by atoms with Crippen LogP contribution in [0.1, 0.15) is 11.3 Å². The lowest BCUT2D eigenvalue weighted by Crippen LogP contribution is -2.26. The first kappa shape index (κ1) is 12.8. The van der Waals surface area contributed by atoms with Crippen molar-refractivity contribution in [2.75, 3.05) is 19.0 Å². The number of rotatable bonds is 3. The molecule has 0 aliphatic carbocycles. The van der Waals surface area contributed by atoms with Gasteiger partial charge in [-0.15, -0.1) is 0 Å². The van der Waals surface area contributed by atoms with Crippen LogP contribution in [0.5, 0.6) is 5.88 Å². The molecule has 0 fully saturated rings. The van der Waals surface area contributed by atoms with Crippen LogP contribution in [0, 0.1) is 5.82 Å². The summed E-state index contributed by atoms with van der Waals surface area (Å²) in [5.74, 6) is 0.778. The molecule has 0 unspecified atom stereocenters. The summed E-state index contributed by atoms with van der Waals surface area (Å²) in [6, 6.07) is 6.06. The number of ether oxygens (including phenoxy) is 1. The van der Waals surface area contributed by atoms with Gasteiger partial charge in [-0.05, 0) is 37.2 Å². The summed E-state index contributed by atoms with van der Waals surface area (Å²) >= 11 is 0. The number of hydrogen-bond acceptors (Lipinski definition) is 5. The first-order valence-corrected chi connectivity index (χ1v) is 6.43. The molecule has 104 valence electrons. The summed E-state index contributed by atoms with van der Waals surface area (Å²) in [6.07, 6.45) is 0.856. The van der Waals surface area contributed by atoms with Crippen molar-refractivity contribution in [2.24, 2.45) is 0 Å². The molecule has 1 aromatic heterocycles. The zero-order chi connectivity index (χ0) is 13.9. The van der Waals surface area contributed by atoms with E-state index in [2.05, 4.69) is 20.6 Å². The predicted octanol–water partition coefficient (Wildman–Crippen LogP) is 2.01. The Morgan fingerprint density at radius 3 is 2.80 bits per heavy atom. The van der Waals surface area contributed by atoms with Gasteiger partial charge in [0.25, 0.3) is 0 Å². The molecule has 0 amide bonds. The van der Waals surface area contributed by atoms with Crippen molar-refractivity contribution in [3.8, 4) is 5.88 Å². The van der Waals surface area contributed by atoms with E-state index in [0.717, 1.165) is 29.9 Å². The molecule has 1 aliphatic heterocycles. The Morgan fingerprint density at radius 1 is 1.25 bits per heavy atom. The first-order chi connectivity index (χ1) is 9.76. The van der Waals surface area contributed by atoms with Crippen LogP contribution in [-0.2, 0) is 13.0 Å². The highest BCUT2D eigenvalue weighted by Crippen LogP contribution is 2.24. The van der Waals surface area contributed by atoms with Gasteiger partial charge in [-0.25, -0.2) is 9.37 Å². The van der Waals surface area contributed by atoms with Crippen LogP contribution in [0.4, 0.5) is 16.0 Å². The maximum Gasteiger partial charge on any atom is 0.230 e. The first-order valence-electron chi connectivity index (χ1n) is 6.43. The summed E-state index contributed by atoms with van der Waals surface area (Å²) in [6.45, 7) is 1.60. The average molecular weight is 274 g/mol. The monoisotopic (exact) mass is 274 g/mol. The zero-order valence-electron chi connectivity index (χ0n) is 11.1.